The van der Waals surface area contributed by atoms with Gasteiger partial charge >= 0.3 is 0 Å². The smallest absolute Gasteiger partial charge is 0.0582 e. The van der Waals surface area contributed by atoms with Crippen molar-refractivity contribution in [3.05, 3.63) is 0 Å². The molecule has 3 heteroatoms. The minimum absolute atomic E-state index is 0.162. The van der Waals surface area contributed by atoms with Crippen LogP contribution in [0, 0.1) is 0 Å². The van der Waals surface area contributed by atoms with Gasteiger partial charge in [-0.25, -0.2) is 0 Å². The summed E-state index contributed by atoms with van der Waals surface area (Å²) in [6.45, 7) is 0.162. The summed E-state index contributed by atoms with van der Waals surface area (Å²) in [5.74, 6) is 0. The SMILES string of the molecule is O=[PH]CCCO. The Kier molecular flexibility index (Phi) is 5.11. The lowest BCUT2D eigenvalue weighted by Gasteiger charge is -1.79. The Labute approximate surface area is 38.4 Å². The summed E-state index contributed by atoms with van der Waals surface area (Å²) in [5, 5.41) is 8.06. The summed E-state index contributed by atoms with van der Waals surface area (Å²) in [7, 11) is -0.245. The molecule has 0 aromatic rings. The Balaban J connectivity index is 2.49. The van der Waals surface area contributed by atoms with Crippen LogP contribution >= 0.6 is 8.46 Å². The topological polar surface area (TPSA) is 37.3 Å². The molecule has 37 valence electrons. The first-order valence-electron chi connectivity index (χ1n) is 1.87. The van der Waals surface area contributed by atoms with E-state index in [-0.39, 0.29) is 15.1 Å². The maximum Gasteiger partial charge on any atom is 0.0582 e. The summed E-state index contributed by atoms with van der Waals surface area (Å²) < 4.78 is 9.61. The lowest BCUT2D eigenvalue weighted by atomic mass is 10.5. The van der Waals surface area contributed by atoms with Gasteiger partial charge in [-0.05, 0) is 6.42 Å². The largest absolute Gasteiger partial charge is 0.396 e. The first kappa shape index (κ1) is 6.06. The summed E-state index contributed by atoms with van der Waals surface area (Å²) in [6, 6.07) is 0. The molecule has 0 heterocycles. The van der Waals surface area contributed by atoms with Crippen LogP contribution in [0.5, 0.6) is 0 Å². The van der Waals surface area contributed by atoms with Crippen molar-refractivity contribution in [1.29, 1.82) is 0 Å². The second-order valence-electron chi connectivity index (χ2n) is 0.971. The molecule has 0 aliphatic heterocycles. The summed E-state index contributed by atoms with van der Waals surface area (Å²) in [6.07, 6.45) is 1.30. The molecule has 0 aromatic heterocycles. The Morgan fingerprint density at radius 3 is 2.50 bits per heavy atom. The first-order chi connectivity index (χ1) is 2.91. The monoisotopic (exact) mass is 107 g/mol. The highest BCUT2D eigenvalue weighted by molar-refractivity contribution is 7.23. The fraction of sp³-hybridized carbons (Fsp3) is 1.00. The predicted molar refractivity (Wildman–Crippen MR) is 25.6 cm³/mol. The molecule has 0 aliphatic carbocycles. The molecule has 1 N–H and O–H groups in total. The van der Waals surface area contributed by atoms with E-state index < -0.39 is 0 Å². The average molecular weight is 107 g/mol. The van der Waals surface area contributed by atoms with Gasteiger partial charge in [0.15, 0.2) is 0 Å². The van der Waals surface area contributed by atoms with Gasteiger partial charge in [-0.3, -0.25) is 4.57 Å². The molecule has 2 nitrogen and oxygen atoms in total. The van der Waals surface area contributed by atoms with Crippen molar-refractivity contribution in [2.45, 2.75) is 6.42 Å². The molecule has 0 aromatic carbocycles. The van der Waals surface area contributed by atoms with Crippen LogP contribution in [-0.4, -0.2) is 17.9 Å². The lowest BCUT2D eigenvalue weighted by Crippen LogP contribution is -1.79. The third kappa shape index (κ3) is 4.06. The summed E-state index contributed by atoms with van der Waals surface area (Å²) >= 11 is 0. The van der Waals surface area contributed by atoms with Crippen molar-refractivity contribution in [3.8, 4) is 0 Å². The van der Waals surface area contributed by atoms with Crippen LogP contribution in [0.25, 0.3) is 0 Å². The van der Waals surface area contributed by atoms with E-state index in [1.54, 1.807) is 0 Å². The van der Waals surface area contributed by atoms with Crippen LogP contribution in [0.1, 0.15) is 6.42 Å². The van der Waals surface area contributed by atoms with Crippen LogP contribution in [0.4, 0.5) is 0 Å². The molecule has 0 saturated heterocycles. The maximum absolute atomic E-state index is 9.61. The zero-order chi connectivity index (χ0) is 4.83. The van der Waals surface area contributed by atoms with Gasteiger partial charge in [-0.2, -0.15) is 0 Å². The lowest BCUT2D eigenvalue weighted by molar-refractivity contribution is 0.296. The van der Waals surface area contributed by atoms with Crippen molar-refractivity contribution in [3.63, 3.8) is 0 Å². The van der Waals surface area contributed by atoms with E-state index in [1.165, 1.54) is 0 Å². The average Bonchev–Trinajstić information content (AvgIpc) is 1.61. The molecule has 1 atom stereocenters. The molecule has 1 radical (unpaired) electrons. The molecule has 0 saturated carbocycles. The number of aliphatic hydroxyl groups is 1. The van der Waals surface area contributed by atoms with Crippen molar-refractivity contribution < 1.29 is 9.67 Å². The second-order valence-corrected chi connectivity index (χ2v) is 1.76. The zero-order valence-corrected chi connectivity index (χ0v) is 4.48. The van der Waals surface area contributed by atoms with E-state index in [0.717, 1.165) is 0 Å². The van der Waals surface area contributed by atoms with Gasteiger partial charge in [-0.15, -0.1) is 0 Å². The summed E-state index contributed by atoms with van der Waals surface area (Å²) in [4.78, 5) is 0. The second kappa shape index (κ2) is 5.06. The predicted octanol–water partition coefficient (Wildman–Crippen LogP) is 0.393. The van der Waals surface area contributed by atoms with Gasteiger partial charge in [0.25, 0.3) is 0 Å². The highest BCUT2D eigenvalue weighted by atomic mass is 31.1. The molecule has 0 bridgehead atoms. The molecule has 0 aliphatic rings. The van der Waals surface area contributed by atoms with Gasteiger partial charge in [0, 0.05) is 12.8 Å². The van der Waals surface area contributed by atoms with Crippen LogP contribution in [-0.2, 0) is 4.57 Å². The molecule has 0 amide bonds. The van der Waals surface area contributed by atoms with E-state index in [0.29, 0.717) is 12.6 Å². The summed E-state index contributed by atoms with van der Waals surface area (Å²) in [5.41, 5.74) is 0. The van der Waals surface area contributed by atoms with Gasteiger partial charge < -0.3 is 5.11 Å². The Hall–Kier alpha value is 0.0600. The van der Waals surface area contributed by atoms with Crippen LogP contribution < -0.4 is 0 Å². The standard InChI is InChI=1S/C3H8O2P/c4-2-1-3-6-5/h4,6H,1-3H2. The maximum atomic E-state index is 9.61. The molecule has 0 fully saturated rings. The minimum atomic E-state index is -0.245. The van der Waals surface area contributed by atoms with E-state index >= 15 is 0 Å². The number of rotatable bonds is 3. The van der Waals surface area contributed by atoms with Gasteiger partial charge in [0.2, 0.25) is 0 Å². The van der Waals surface area contributed by atoms with E-state index in [9.17, 15) is 4.57 Å². The normalized spacial score (nSPS) is 9.50. The van der Waals surface area contributed by atoms with Crippen LogP contribution in [0.2, 0.25) is 0 Å². The van der Waals surface area contributed by atoms with Gasteiger partial charge in [0.05, 0.1) is 8.46 Å². The van der Waals surface area contributed by atoms with E-state index in [4.69, 9.17) is 5.11 Å². The highest BCUT2D eigenvalue weighted by Gasteiger charge is 1.75. The van der Waals surface area contributed by atoms with Crippen LogP contribution in [0.3, 0.4) is 0 Å². The Bertz CT molecular complexity index is 37.8. The van der Waals surface area contributed by atoms with Crippen molar-refractivity contribution in [2.24, 2.45) is 0 Å². The molecular formula is C3H8O2P. The third-order valence-electron chi connectivity index (χ3n) is 0.437. The quantitative estimate of drug-likeness (QED) is 0.418. The molecule has 0 rings (SSSR count). The third-order valence-corrected chi connectivity index (χ3v) is 0.995. The van der Waals surface area contributed by atoms with Gasteiger partial charge in [0.1, 0.15) is 0 Å². The number of hydrogen-bond acceptors (Lipinski definition) is 2. The van der Waals surface area contributed by atoms with Crippen molar-refractivity contribution in [2.75, 3.05) is 12.8 Å². The number of aliphatic hydroxyl groups excluding tert-OH is 1. The van der Waals surface area contributed by atoms with E-state index in [2.05, 4.69) is 0 Å². The minimum Gasteiger partial charge on any atom is -0.396 e. The fourth-order valence-corrected chi connectivity index (χ4v) is 0.454. The van der Waals surface area contributed by atoms with Crippen molar-refractivity contribution >= 4 is 8.46 Å². The first-order valence-corrected chi connectivity index (χ1v) is 2.99. The fourth-order valence-electron chi connectivity index (χ4n) is 0.151. The van der Waals surface area contributed by atoms with Crippen molar-refractivity contribution in [1.82, 2.24) is 0 Å². The molecule has 1 unspecified atom stereocenters. The number of hydrogen-bond donors (Lipinski definition) is 1. The van der Waals surface area contributed by atoms with Gasteiger partial charge in [-0.1, -0.05) is 0 Å². The Morgan fingerprint density at radius 2 is 2.33 bits per heavy atom. The van der Waals surface area contributed by atoms with Crippen LogP contribution in [0.15, 0.2) is 0 Å². The zero-order valence-electron chi connectivity index (χ0n) is 3.48. The molecular weight excluding hydrogens is 99.0 g/mol. The Morgan fingerprint density at radius 1 is 1.67 bits per heavy atom. The highest BCUT2D eigenvalue weighted by Crippen LogP contribution is 1.91. The molecule has 0 spiro atoms. The van der Waals surface area contributed by atoms with E-state index in [1.807, 2.05) is 0 Å². The molecule has 6 heavy (non-hydrogen) atoms.